The summed E-state index contributed by atoms with van der Waals surface area (Å²) in [5.41, 5.74) is 0. The Balaban J connectivity index is 0.000000202. The van der Waals surface area contributed by atoms with E-state index in [-0.39, 0.29) is 5.97 Å². The minimum absolute atomic E-state index is 0.211. The smallest absolute Gasteiger partial charge is 0.302 e. The van der Waals surface area contributed by atoms with Crippen molar-refractivity contribution in [1.29, 1.82) is 0 Å². The number of ether oxygens (including phenoxy) is 1. The molecule has 1 heterocycles. The lowest BCUT2D eigenvalue weighted by molar-refractivity contribution is -0.140. The molecule has 0 saturated carbocycles. The molecule has 3 nitrogen and oxygen atoms in total. The van der Waals surface area contributed by atoms with Gasteiger partial charge in [0.2, 0.25) is 0 Å². The van der Waals surface area contributed by atoms with Crippen LogP contribution in [-0.2, 0) is 16.6 Å². The van der Waals surface area contributed by atoms with Crippen molar-refractivity contribution in [3.63, 3.8) is 0 Å². The summed E-state index contributed by atoms with van der Waals surface area (Å²) in [6.45, 7) is 3.65. The third kappa shape index (κ3) is 6.86. The van der Waals surface area contributed by atoms with Crippen molar-refractivity contribution in [3.8, 4) is 0 Å². The van der Waals surface area contributed by atoms with E-state index in [1.165, 1.54) is 6.92 Å². The Morgan fingerprint density at radius 3 is 2.00 bits per heavy atom. The molecule has 0 aliphatic carbocycles. The maximum absolute atomic E-state index is 9.82. The molecule has 0 N–H and O–H groups in total. The zero-order chi connectivity index (χ0) is 9.40. The van der Waals surface area contributed by atoms with Crippen LogP contribution in [0.3, 0.4) is 0 Å². The van der Waals surface area contributed by atoms with Crippen LogP contribution in [0.5, 0.6) is 0 Å². The first-order valence-corrected chi connectivity index (χ1v) is 3.87. The van der Waals surface area contributed by atoms with Gasteiger partial charge in [0.25, 0.3) is 0 Å². The van der Waals surface area contributed by atoms with Crippen LogP contribution in [-0.4, -0.2) is 17.1 Å². The lowest BCUT2D eigenvalue weighted by Crippen LogP contribution is -1.95. The Morgan fingerprint density at radius 1 is 1.42 bits per heavy atom. The van der Waals surface area contributed by atoms with Gasteiger partial charge in [0, 0.05) is 26.4 Å². The van der Waals surface area contributed by atoms with Gasteiger partial charge in [-0.05, 0) is 19.1 Å². The number of carbonyl (C=O) groups excluding carboxylic acids is 1. The highest BCUT2D eigenvalue weighted by atomic mass is 16.5. The molecule has 0 atom stereocenters. The molecule has 0 unspecified atom stereocenters. The number of aromatic nitrogens is 1. The van der Waals surface area contributed by atoms with Gasteiger partial charge in [-0.3, -0.25) is 4.79 Å². The van der Waals surface area contributed by atoms with E-state index in [1.807, 2.05) is 36.1 Å². The van der Waals surface area contributed by atoms with Gasteiger partial charge in [0.15, 0.2) is 0 Å². The van der Waals surface area contributed by atoms with Crippen LogP contribution in [0.1, 0.15) is 13.8 Å². The van der Waals surface area contributed by atoms with Crippen molar-refractivity contribution < 1.29 is 9.53 Å². The van der Waals surface area contributed by atoms with Crippen molar-refractivity contribution in [2.75, 3.05) is 6.61 Å². The van der Waals surface area contributed by atoms with Gasteiger partial charge in [0.05, 0.1) is 6.61 Å². The summed E-state index contributed by atoms with van der Waals surface area (Å²) in [5, 5.41) is 0. The van der Waals surface area contributed by atoms with Crippen molar-refractivity contribution in [1.82, 2.24) is 4.57 Å². The number of esters is 1. The van der Waals surface area contributed by atoms with Crippen LogP contribution in [0, 0.1) is 0 Å². The fourth-order valence-corrected chi connectivity index (χ4v) is 0.624. The van der Waals surface area contributed by atoms with Crippen LogP contribution in [0.25, 0.3) is 0 Å². The second-order valence-corrected chi connectivity index (χ2v) is 2.27. The van der Waals surface area contributed by atoms with E-state index in [4.69, 9.17) is 0 Å². The Labute approximate surface area is 73.0 Å². The molecule has 1 aromatic heterocycles. The summed E-state index contributed by atoms with van der Waals surface area (Å²) in [4.78, 5) is 9.82. The number of hydrogen-bond acceptors (Lipinski definition) is 2. The molecule has 68 valence electrons. The highest BCUT2D eigenvalue weighted by Gasteiger charge is 1.81. The van der Waals surface area contributed by atoms with Gasteiger partial charge in [0.1, 0.15) is 0 Å². The molecule has 0 radical (unpaired) electrons. The Bertz CT molecular complexity index is 204. The average molecular weight is 169 g/mol. The number of rotatable bonds is 1. The van der Waals surface area contributed by atoms with Crippen LogP contribution in [0.15, 0.2) is 24.5 Å². The normalized spacial score (nSPS) is 8.25. The second kappa shape index (κ2) is 6.46. The number of nitrogens with zero attached hydrogens (tertiary/aromatic N) is 1. The van der Waals surface area contributed by atoms with Crippen molar-refractivity contribution in [2.45, 2.75) is 13.8 Å². The number of aryl methyl sites for hydroxylation is 1. The summed E-state index contributed by atoms with van der Waals surface area (Å²) >= 11 is 0. The zero-order valence-corrected chi connectivity index (χ0v) is 7.78. The predicted molar refractivity (Wildman–Crippen MR) is 47.7 cm³/mol. The summed E-state index contributed by atoms with van der Waals surface area (Å²) in [6, 6.07) is 4.00. The van der Waals surface area contributed by atoms with Crippen LogP contribution in [0.2, 0.25) is 0 Å². The van der Waals surface area contributed by atoms with Gasteiger partial charge in [-0.15, -0.1) is 0 Å². The predicted octanol–water partition coefficient (Wildman–Crippen LogP) is 1.59. The maximum atomic E-state index is 9.82. The van der Waals surface area contributed by atoms with E-state index in [0.717, 1.165) is 0 Å². The van der Waals surface area contributed by atoms with E-state index < -0.39 is 0 Å². The van der Waals surface area contributed by atoms with Crippen molar-refractivity contribution in [3.05, 3.63) is 24.5 Å². The molecule has 0 aliphatic heterocycles. The molecule has 0 aliphatic rings. The molecule has 1 aromatic rings. The van der Waals surface area contributed by atoms with Gasteiger partial charge < -0.3 is 9.30 Å². The monoisotopic (exact) mass is 169 g/mol. The highest BCUT2D eigenvalue weighted by Crippen LogP contribution is 1.80. The SMILES string of the molecule is CCOC(C)=O.Cn1cccc1. The lowest BCUT2D eigenvalue weighted by Gasteiger charge is -1.89. The molecule has 3 heteroatoms. The van der Waals surface area contributed by atoms with E-state index in [2.05, 4.69) is 4.74 Å². The zero-order valence-electron chi connectivity index (χ0n) is 7.78. The molecule has 0 fully saturated rings. The average Bonchev–Trinajstić information content (AvgIpc) is 2.40. The van der Waals surface area contributed by atoms with E-state index in [1.54, 1.807) is 6.92 Å². The number of hydrogen-bond donors (Lipinski definition) is 0. The molecule has 12 heavy (non-hydrogen) atoms. The topological polar surface area (TPSA) is 31.2 Å². The van der Waals surface area contributed by atoms with E-state index >= 15 is 0 Å². The number of carbonyl (C=O) groups is 1. The first kappa shape index (κ1) is 10.8. The minimum Gasteiger partial charge on any atom is -0.466 e. The fraction of sp³-hybridized carbons (Fsp3) is 0.444. The van der Waals surface area contributed by atoms with Crippen molar-refractivity contribution >= 4 is 5.97 Å². The Kier molecular flexibility index (Phi) is 5.79. The van der Waals surface area contributed by atoms with Crippen LogP contribution >= 0.6 is 0 Å². The van der Waals surface area contributed by atoms with Gasteiger partial charge in [-0.1, -0.05) is 0 Å². The molecular weight excluding hydrogens is 154 g/mol. The maximum Gasteiger partial charge on any atom is 0.302 e. The first-order valence-electron chi connectivity index (χ1n) is 3.87. The molecule has 0 aromatic carbocycles. The Hall–Kier alpha value is -1.25. The lowest BCUT2D eigenvalue weighted by atomic mass is 10.7. The molecule has 0 saturated heterocycles. The standard InChI is InChI=1S/C5H7N.C4H8O2/c1-6-4-2-3-5-6;1-3-6-4(2)5/h2-5H,1H3;3H2,1-2H3. The van der Waals surface area contributed by atoms with Gasteiger partial charge >= 0.3 is 5.97 Å². The highest BCUT2D eigenvalue weighted by molar-refractivity contribution is 5.65. The van der Waals surface area contributed by atoms with Crippen molar-refractivity contribution in [2.24, 2.45) is 7.05 Å². The molecule has 0 amide bonds. The first-order chi connectivity index (χ1) is 5.66. The third-order valence-electron chi connectivity index (χ3n) is 1.10. The summed E-state index contributed by atoms with van der Waals surface area (Å²) in [6.07, 6.45) is 4.00. The third-order valence-corrected chi connectivity index (χ3v) is 1.10. The minimum atomic E-state index is -0.211. The quantitative estimate of drug-likeness (QED) is 0.598. The molecule has 0 bridgehead atoms. The second-order valence-electron chi connectivity index (χ2n) is 2.27. The van der Waals surface area contributed by atoms with Crippen LogP contribution < -0.4 is 0 Å². The summed E-state index contributed by atoms with van der Waals surface area (Å²) in [7, 11) is 2.00. The molecule has 1 rings (SSSR count). The van der Waals surface area contributed by atoms with Crippen LogP contribution in [0.4, 0.5) is 0 Å². The van der Waals surface area contributed by atoms with E-state index in [0.29, 0.717) is 6.61 Å². The molecule has 0 spiro atoms. The molecular formula is C9H15NO2. The van der Waals surface area contributed by atoms with Gasteiger partial charge in [-0.2, -0.15) is 0 Å². The van der Waals surface area contributed by atoms with E-state index in [9.17, 15) is 4.79 Å². The Morgan fingerprint density at radius 2 is 1.92 bits per heavy atom. The summed E-state index contributed by atoms with van der Waals surface area (Å²) < 4.78 is 6.40. The van der Waals surface area contributed by atoms with Gasteiger partial charge in [-0.25, -0.2) is 0 Å². The summed E-state index contributed by atoms with van der Waals surface area (Å²) in [5.74, 6) is -0.211. The largest absolute Gasteiger partial charge is 0.466 e. The fourth-order valence-electron chi connectivity index (χ4n) is 0.624.